The standard InChI is InChI=1S/C24H28N8O4S/c1-14-13-35-11-10-32(14)21-27-19(18-12-25-24(37-18)30-22(34)26-16-6-7-16)28-23(29-21)36-17-8-4-15(5-9-17)20(33)31(2)3/h4-5,8-9,12,14,16H,6-7,10-11,13H2,1-3H3,(H2,25,26,30,34)/t14-/m0/s1. The van der Waals surface area contributed by atoms with Gasteiger partial charge in [0, 0.05) is 32.2 Å². The summed E-state index contributed by atoms with van der Waals surface area (Å²) in [5, 5.41) is 6.08. The van der Waals surface area contributed by atoms with E-state index in [1.165, 1.54) is 16.2 Å². The second-order valence-corrected chi connectivity index (χ2v) is 10.1. The van der Waals surface area contributed by atoms with E-state index in [2.05, 4.69) is 30.6 Å². The lowest BCUT2D eigenvalue weighted by atomic mass is 10.2. The Kier molecular flexibility index (Phi) is 7.15. The van der Waals surface area contributed by atoms with Gasteiger partial charge >= 0.3 is 12.0 Å². The molecular formula is C24H28N8O4S. The van der Waals surface area contributed by atoms with Crippen LogP contribution in [0.15, 0.2) is 30.5 Å². The van der Waals surface area contributed by atoms with E-state index in [1.54, 1.807) is 44.6 Å². The monoisotopic (exact) mass is 524 g/mol. The van der Waals surface area contributed by atoms with Crippen molar-refractivity contribution in [2.24, 2.45) is 0 Å². The van der Waals surface area contributed by atoms with Crippen molar-refractivity contribution in [1.82, 2.24) is 30.2 Å². The molecule has 194 valence electrons. The van der Waals surface area contributed by atoms with Crippen molar-refractivity contribution in [3.63, 3.8) is 0 Å². The van der Waals surface area contributed by atoms with Crippen molar-refractivity contribution >= 4 is 34.4 Å². The first-order valence-electron chi connectivity index (χ1n) is 12.0. The van der Waals surface area contributed by atoms with Gasteiger partial charge in [0.15, 0.2) is 11.0 Å². The maximum atomic E-state index is 12.2. The van der Waals surface area contributed by atoms with Gasteiger partial charge in [0.2, 0.25) is 5.95 Å². The molecule has 2 fully saturated rings. The maximum absolute atomic E-state index is 12.2. The third-order valence-electron chi connectivity index (χ3n) is 5.80. The number of nitrogens with one attached hydrogen (secondary N) is 2. The number of morpholine rings is 1. The molecule has 2 aliphatic rings. The van der Waals surface area contributed by atoms with Gasteiger partial charge < -0.3 is 24.6 Å². The number of urea groups is 1. The predicted octanol–water partition coefficient (Wildman–Crippen LogP) is 3.00. The Morgan fingerprint density at radius 2 is 1.95 bits per heavy atom. The minimum atomic E-state index is -0.276. The van der Waals surface area contributed by atoms with Crippen LogP contribution in [-0.2, 0) is 4.74 Å². The first-order valence-corrected chi connectivity index (χ1v) is 12.8. The average Bonchev–Trinajstić information content (AvgIpc) is 3.57. The van der Waals surface area contributed by atoms with Crippen LogP contribution in [0.1, 0.15) is 30.1 Å². The van der Waals surface area contributed by atoms with Crippen LogP contribution in [-0.4, -0.2) is 82.7 Å². The van der Waals surface area contributed by atoms with Crippen molar-refractivity contribution < 1.29 is 19.1 Å². The van der Waals surface area contributed by atoms with Crippen molar-refractivity contribution in [1.29, 1.82) is 0 Å². The number of hydrogen-bond donors (Lipinski definition) is 2. The molecule has 0 bridgehead atoms. The van der Waals surface area contributed by atoms with Gasteiger partial charge in [-0.3, -0.25) is 10.1 Å². The van der Waals surface area contributed by atoms with E-state index >= 15 is 0 Å². The molecule has 1 saturated heterocycles. The molecule has 3 aromatic rings. The number of thiazole rings is 1. The quantitative estimate of drug-likeness (QED) is 0.478. The summed E-state index contributed by atoms with van der Waals surface area (Å²) in [4.78, 5) is 46.6. The van der Waals surface area contributed by atoms with Gasteiger partial charge in [0.25, 0.3) is 5.91 Å². The van der Waals surface area contributed by atoms with Gasteiger partial charge in [0.1, 0.15) is 5.75 Å². The van der Waals surface area contributed by atoms with E-state index in [-0.39, 0.29) is 30.0 Å². The fraction of sp³-hybridized carbons (Fsp3) is 0.417. The molecule has 2 aromatic heterocycles. The topological polar surface area (TPSA) is 135 Å². The fourth-order valence-electron chi connectivity index (χ4n) is 3.67. The average molecular weight is 525 g/mol. The molecule has 1 aliphatic carbocycles. The van der Waals surface area contributed by atoms with E-state index in [0.717, 1.165) is 12.8 Å². The maximum Gasteiger partial charge on any atom is 0.327 e. The number of amides is 3. The van der Waals surface area contributed by atoms with Crippen LogP contribution in [0.5, 0.6) is 11.8 Å². The van der Waals surface area contributed by atoms with Crippen LogP contribution >= 0.6 is 11.3 Å². The Bertz CT molecular complexity index is 1280. The van der Waals surface area contributed by atoms with E-state index in [4.69, 9.17) is 9.47 Å². The molecule has 1 saturated carbocycles. The van der Waals surface area contributed by atoms with E-state index in [9.17, 15) is 9.59 Å². The van der Waals surface area contributed by atoms with Crippen molar-refractivity contribution in [3.05, 3.63) is 36.0 Å². The van der Waals surface area contributed by atoms with Crippen LogP contribution in [0.4, 0.5) is 15.9 Å². The first-order chi connectivity index (χ1) is 17.9. The zero-order valence-electron chi connectivity index (χ0n) is 20.8. The Balaban J connectivity index is 1.41. The second-order valence-electron chi connectivity index (χ2n) is 9.09. The lowest BCUT2D eigenvalue weighted by Crippen LogP contribution is -2.44. The minimum Gasteiger partial charge on any atom is -0.424 e. The molecular weight excluding hydrogens is 496 g/mol. The fourth-order valence-corrected chi connectivity index (χ4v) is 4.41. The highest BCUT2D eigenvalue weighted by Gasteiger charge is 2.25. The van der Waals surface area contributed by atoms with E-state index in [0.29, 0.717) is 52.9 Å². The molecule has 0 radical (unpaired) electrons. The Labute approximate surface area is 218 Å². The van der Waals surface area contributed by atoms with Crippen LogP contribution in [0.2, 0.25) is 0 Å². The summed E-state index contributed by atoms with van der Waals surface area (Å²) in [6.07, 6.45) is 3.62. The summed E-state index contributed by atoms with van der Waals surface area (Å²) >= 11 is 1.26. The summed E-state index contributed by atoms with van der Waals surface area (Å²) in [7, 11) is 3.40. The van der Waals surface area contributed by atoms with Crippen LogP contribution in [0, 0.1) is 0 Å². The van der Waals surface area contributed by atoms with E-state index in [1.807, 2.05) is 11.8 Å². The molecule has 1 aliphatic heterocycles. The number of rotatable bonds is 7. The van der Waals surface area contributed by atoms with Crippen LogP contribution in [0.3, 0.4) is 0 Å². The molecule has 0 spiro atoms. The van der Waals surface area contributed by atoms with Crippen molar-refractivity contribution in [3.8, 4) is 22.5 Å². The predicted molar refractivity (Wildman–Crippen MR) is 138 cm³/mol. The van der Waals surface area contributed by atoms with Gasteiger partial charge in [0.05, 0.1) is 30.3 Å². The zero-order valence-corrected chi connectivity index (χ0v) is 21.6. The molecule has 0 unspecified atom stereocenters. The molecule has 13 heteroatoms. The summed E-state index contributed by atoms with van der Waals surface area (Å²) in [5.74, 6) is 1.23. The first kappa shape index (κ1) is 24.8. The highest BCUT2D eigenvalue weighted by Crippen LogP contribution is 2.31. The smallest absolute Gasteiger partial charge is 0.327 e. The molecule has 5 rings (SSSR count). The number of carbonyl (C=O) groups excluding carboxylic acids is 2. The van der Waals surface area contributed by atoms with E-state index < -0.39 is 0 Å². The van der Waals surface area contributed by atoms with Crippen LogP contribution < -0.4 is 20.3 Å². The van der Waals surface area contributed by atoms with Gasteiger partial charge in [-0.2, -0.15) is 15.0 Å². The van der Waals surface area contributed by atoms with Crippen molar-refractivity contribution in [2.75, 3.05) is 44.1 Å². The number of nitrogens with zero attached hydrogens (tertiary/aromatic N) is 6. The van der Waals surface area contributed by atoms with Gasteiger partial charge in [-0.25, -0.2) is 9.78 Å². The Morgan fingerprint density at radius 3 is 2.65 bits per heavy atom. The minimum absolute atomic E-state index is 0.0676. The van der Waals surface area contributed by atoms with Gasteiger partial charge in [-0.1, -0.05) is 11.3 Å². The molecule has 2 N–H and O–H groups in total. The highest BCUT2D eigenvalue weighted by molar-refractivity contribution is 7.19. The SMILES string of the molecule is C[C@H]1COCCN1c1nc(Oc2ccc(C(=O)N(C)C)cc2)nc(-c2cnc(NC(=O)NC3CC3)s2)n1. The molecule has 12 nitrogen and oxygen atoms in total. The lowest BCUT2D eigenvalue weighted by molar-refractivity contribution is 0.0827. The molecule has 37 heavy (non-hydrogen) atoms. The molecule has 1 aromatic carbocycles. The molecule has 1 atom stereocenters. The zero-order chi connectivity index (χ0) is 25.9. The van der Waals surface area contributed by atoms with Gasteiger partial charge in [-0.15, -0.1) is 0 Å². The summed E-state index contributed by atoms with van der Waals surface area (Å²) in [5.41, 5.74) is 0.548. The summed E-state index contributed by atoms with van der Waals surface area (Å²) in [6, 6.07) is 6.93. The Hall–Kier alpha value is -3.84. The lowest BCUT2D eigenvalue weighted by Gasteiger charge is -2.33. The van der Waals surface area contributed by atoms with Crippen molar-refractivity contribution in [2.45, 2.75) is 31.8 Å². The highest BCUT2D eigenvalue weighted by atomic mass is 32.1. The second kappa shape index (κ2) is 10.6. The number of anilines is 2. The number of aromatic nitrogens is 4. The largest absolute Gasteiger partial charge is 0.424 e. The number of carbonyl (C=O) groups is 2. The Morgan fingerprint density at radius 1 is 1.16 bits per heavy atom. The van der Waals surface area contributed by atoms with Crippen LogP contribution in [0.25, 0.3) is 10.7 Å². The third-order valence-corrected chi connectivity index (χ3v) is 6.71. The number of benzene rings is 1. The number of hydrogen-bond acceptors (Lipinski definition) is 10. The number of ether oxygens (including phenoxy) is 2. The van der Waals surface area contributed by atoms with Gasteiger partial charge in [-0.05, 0) is 44.0 Å². The summed E-state index contributed by atoms with van der Waals surface area (Å²) < 4.78 is 11.5. The normalized spacial score (nSPS) is 17.3. The third kappa shape index (κ3) is 6.12. The molecule has 3 heterocycles. The molecule has 3 amide bonds. The summed E-state index contributed by atoms with van der Waals surface area (Å²) in [6.45, 7) is 3.79.